The number of ether oxygens (including phenoxy) is 1. The second kappa shape index (κ2) is 5.52. The van der Waals surface area contributed by atoms with Crippen molar-refractivity contribution in [3.8, 4) is 5.75 Å². The van der Waals surface area contributed by atoms with Crippen molar-refractivity contribution in [2.75, 3.05) is 26.8 Å². The molecule has 1 saturated heterocycles. The minimum atomic E-state index is 0.181. The fraction of sp³-hybridized carbons (Fsp3) is 0.571. The van der Waals surface area contributed by atoms with Gasteiger partial charge in [-0.1, -0.05) is 12.1 Å². The first-order valence-electron chi connectivity index (χ1n) is 6.24. The molecule has 1 aromatic rings. The Morgan fingerprint density at radius 1 is 1.47 bits per heavy atom. The third-order valence-corrected chi connectivity index (χ3v) is 3.45. The lowest BCUT2D eigenvalue weighted by Gasteiger charge is -2.37. The fourth-order valence-corrected chi connectivity index (χ4v) is 2.73. The van der Waals surface area contributed by atoms with E-state index >= 15 is 0 Å². The lowest BCUT2D eigenvalue weighted by atomic mass is 9.77. The summed E-state index contributed by atoms with van der Waals surface area (Å²) in [7, 11) is 1.98. The molecule has 1 fully saturated rings. The highest BCUT2D eigenvalue weighted by molar-refractivity contribution is 5.28. The molecule has 0 aliphatic carbocycles. The third-order valence-electron chi connectivity index (χ3n) is 3.45. The van der Waals surface area contributed by atoms with Gasteiger partial charge in [0.05, 0.1) is 6.61 Å². The maximum absolute atomic E-state index is 9.51. The summed E-state index contributed by atoms with van der Waals surface area (Å²) in [5.74, 6) is 0.346. The topological polar surface area (TPSA) is 41.5 Å². The zero-order chi connectivity index (χ0) is 12.1. The summed E-state index contributed by atoms with van der Waals surface area (Å²) in [5, 5.41) is 12.8. The molecule has 0 saturated carbocycles. The molecule has 1 aromatic carbocycles. The normalized spacial score (nSPS) is 24.8. The Morgan fingerprint density at radius 3 is 3.00 bits per heavy atom. The predicted octanol–water partition coefficient (Wildman–Crippen LogP) is 1.95. The van der Waals surface area contributed by atoms with E-state index in [4.69, 9.17) is 4.74 Å². The smallest absolute Gasteiger partial charge is 0.115 e. The molecule has 0 spiro atoms. The van der Waals surface area contributed by atoms with E-state index in [0.717, 1.165) is 32.6 Å². The average Bonchev–Trinajstić information content (AvgIpc) is 2.30. The lowest BCUT2D eigenvalue weighted by molar-refractivity contribution is -0.00625. The van der Waals surface area contributed by atoms with Crippen LogP contribution in [-0.2, 0) is 11.2 Å². The van der Waals surface area contributed by atoms with E-state index in [-0.39, 0.29) is 5.41 Å². The van der Waals surface area contributed by atoms with Crippen LogP contribution in [0.5, 0.6) is 5.75 Å². The van der Waals surface area contributed by atoms with Crippen molar-refractivity contribution in [2.24, 2.45) is 5.41 Å². The number of benzene rings is 1. The van der Waals surface area contributed by atoms with Gasteiger partial charge in [-0.2, -0.15) is 0 Å². The van der Waals surface area contributed by atoms with Crippen molar-refractivity contribution < 1.29 is 9.84 Å². The highest BCUT2D eigenvalue weighted by Gasteiger charge is 2.32. The summed E-state index contributed by atoms with van der Waals surface area (Å²) in [6.45, 7) is 2.65. The number of rotatable bonds is 4. The van der Waals surface area contributed by atoms with Crippen LogP contribution >= 0.6 is 0 Å². The number of hydrogen-bond acceptors (Lipinski definition) is 3. The monoisotopic (exact) mass is 235 g/mol. The van der Waals surface area contributed by atoms with Crippen LogP contribution in [0, 0.1) is 5.41 Å². The van der Waals surface area contributed by atoms with E-state index < -0.39 is 0 Å². The maximum Gasteiger partial charge on any atom is 0.115 e. The number of hydrogen-bond donors (Lipinski definition) is 2. The third kappa shape index (κ3) is 3.20. The van der Waals surface area contributed by atoms with Gasteiger partial charge in [-0.3, -0.25) is 0 Å². The van der Waals surface area contributed by atoms with Crippen molar-refractivity contribution in [3.05, 3.63) is 29.8 Å². The van der Waals surface area contributed by atoms with Crippen LogP contribution in [0.1, 0.15) is 18.4 Å². The van der Waals surface area contributed by atoms with Crippen LogP contribution in [0.15, 0.2) is 24.3 Å². The molecule has 1 heterocycles. The Balaban J connectivity index is 2.11. The predicted molar refractivity (Wildman–Crippen MR) is 68.2 cm³/mol. The Kier molecular flexibility index (Phi) is 4.02. The summed E-state index contributed by atoms with van der Waals surface area (Å²) in [6, 6.07) is 7.55. The molecule has 1 unspecified atom stereocenters. The summed E-state index contributed by atoms with van der Waals surface area (Å²) >= 11 is 0. The van der Waals surface area contributed by atoms with Gasteiger partial charge in [0.2, 0.25) is 0 Å². The first-order valence-corrected chi connectivity index (χ1v) is 6.24. The molecule has 0 radical (unpaired) electrons. The molecule has 2 rings (SSSR count). The van der Waals surface area contributed by atoms with E-state index in [0.29, 0.717) is 5.75 Å². The molecule has 3 nitrogen and oxygen atoms in total. The highest BCUT2D eigenvalue weighted by atomic mass is 16.5. The number of phenolic OH excluding ortho intramolecular Hbond substituents is 1. The van der Waals surface area contributed by atoms with Crippen LogP contribution < -0.4 is 5.32 Å². The minimum absolute atomic E-state index is 0.181. The van der Waals surface area contributed by atoms with Gasteiger partial charge < -0.3 is 15.2 Å². The molecule has 94 valence electrons. The number of phenols is 1. The molecular weight excluding hydrogens is 214 g/mol. The summed E-state index contributed by atoms with van der Waals surface area (Å²) in [5.41, 5.74) is 1.37. The van der Waals surface area contributed by atoms with Crippen molar-refractivity contribution in [1.82, 2.24) is 5.32 Å². The van der Waals surface area contributed by atoms with E-state index in [2.05, 4.69) is 11.4 Å². The van der Waals surface area contributed by atoms with Crippen molar-refractivity contribution >= 4 is 0 Å². The quantitative estimate of drug-likeness (QED) is 0.838. The second-order valence-corrected chi connectivity index (χ2v) is 5.03. The maximum atomic E-state index is 9.51. The first-order chi connectivity index (χ1) is 8.24. The molecule has 2 N–H and O–H groups in total. The molecule has 3 heteroatoms. The van der Waals surface area contributed by atoms with E-state index in [1.807, 2.05) is 19.2 Å². The van der Waals surface area contributed by atoms with E-state index in [9.17, 15) is 5.11 Å². The van der Waals surface area contributed by atoms with Gasteiger partial charge in [0.25, 0.3) is 0 Å². The molecule has 0 amide bonds. The highest BCUT2D eigenvalue weighted by Crippen LogP contribution is 2.32. The van der Waals surface area contributed by atoms with Crippen LogP contribution in [0.3, 0.4) is 0 Å². The molecule has 1 aliphatic rings. The van der Waals surface area contributed by atoms with Gasteiger partial charge in [-0.15, -0.1) is 0 Å². The van der Waals surface area contributed by atoms with Crippen molar-refractivity contribution in [1.29, 1.82) is 0 Å². The molecular formula is C14H21NO2. The summed E-state index contributed by atoms with van der Waals surface area (Å²) in [4.78, 5) is 0. The summed E-state index contributed by atoms with van der Waals surface area (Å²) < 4.78 is 5.64. The number of nitrogens with one attached hydrogen (secondary N) is 1. The average molecular weight is 235 g/mol. The van der Waals surface area contributed by atoms with Gasteiger partial charge in [0.1, 0.15) is 5.75 Å². The van der Waals surface area contributed by atoms with Gasteiger partial charge in [-0.25, -0.2) is 0 Å². The van der Waals surface area contributed by atoms with Gasteiger partial charge in [0, 0.05) is 18.6 Å². The minimum Gasteiger partial charge on any atom is -0.508 e. The molecule has 1 aliphatic heterocycles. The van der Waals surface area contributed by atoms with Gasteiger partial charge >= 0.3 is 0 Å². The zero-order valence-corrected chi connectivity index (χ0v) is 10.4. The Labute approximate surface area is 103 Å². The molecule has 17 heavy (non-hydrogen) atoms. The first kappa shape index (κ1) is 12.4. The Morgan fingerprint density at radius 2 is 2.35 bits per heavy atom. The van der Waals surface area contributed by atoms with Crippen LogP contribution in [-0.4, -0.2) is 31.9 Å². The van der Waals surface area contributed by atoms with E-state index in [1.54, 1.807) is 6.07 Å². The molecule has 0 bridgehead atoms. The van der Waals surface area contributed by atoms with Crippen LogP contribution in [0.25, 0.3) is 0 Å². The Bertz CT molecular complexity index is 353. The number of aromatic hydroxyl groups is 1. The SMILES string of the molecule is CNCC1(Cc2cccc(O)c2)CCCOC1. The van der Waals surface area contributed by atoms with Crippen LogP contribution in [0.2, 0.25) is 0 Å². The Hall–Kier alpha value is -1.06. The van der Waals surface area contributed by atoms with Crippen molar-refractivity contribution in [3.63, 3.8) is 0 Å². The lowest BCUT2D eigenvalue weighted by Crippen LogP contribution is -2.41. The molecule has 1 atom stereocenters. The summed E-state index contributed by atoms with van der Waals surface area (Å²) in [6.07, 6.45) is 3.27. The van der Waals surface area contributed by atoms with E-state index in [1.165, 1.54) is 12.0 Å². The molecule has 0 aromatic heterocycles. The van der Waals surface area contributed by atoms with Gasteiger partial charge in [0.15, 0.2) is 0 Å². The largest absolute Gasteiger partial charge is 0.508 e. The van der Waals surface area contributed by atoms with Gasteiger partial charge in [-0.05, 0) is 44.0 Å². The van der Waals surface area contributed by atoms with Crippen molar-refractivity contribution in [2.45, 2.75) is 19.3 Å². The fourth-order valence-electron chi connectivity index (χ4n) is 2.73. The standard InChI is InChI=1S/C14H21NO2/c1-15-10-14(6-3-7-17-11-14)9-12-4-2-5-13(16)8-12/h2,4-5,8,15-16H,3,6-7,9-11H2,1H3. The second-order valence-electron chi connectivity index (χ2n) is 5.03. The zero-order valence-electron chi connectivity index (χ0n) is 10.4. The van der Waals surface area contributed by atoms with Crippen LogP contribution in [0.4, 0.5) is 0 Å².